The molecule has 2 aromatic carbocycles. The summed E-state index contributed by atoms with van der Waals surface area (Å²) in [5.74, 6) is 0. The lowest BCUT2D eigenvalue weighted by Crippen LogP contribution is -2.10. The Morgan fingerprint density at radius 3 is 1.78 bits per heavy atom. The van der Waals surface area contributed by atoms with Crippen molar-refractivity contribution in [2.75, 3.05) is 11.1 Å². The maximum atomic E-state index is 11.5. The van der Waals surface area contributed by atoms with Crippen LogP contribution < -0.4 is 11.1 Å². The van der Waals surface area contributed by atoms with Gasteiger partial charge in [0.15, 0.2) is 0 Å². The third kappa shape index (κ3) is 4.89. The molecule has 27 heavy (non-hydrogen) atoms. The Morgan fingerprint density at radius 1 is 0.778 bits per heavy atom. The van der Waals surface area contributed by atoms with Gasteiger partial charge >= 0.3 is 0 Å². The van der Waals surface area contributed by atoms with Crippen molar-refractivity contribution in [1.82, 2.24) is 0 Å². The first kappa shape index (κ1) is 21.4. The van der Waals surface area contributed by atoms with E-state index in [1.54, 1.807) is 0 Å². The highest BCUT2D eigenvalue weighted by molar-refractivity contribution is 7.87. The lowest BCUT2D eigenvalue weighted by molar-refractivity contribution is 0.479. The third-order valence-corrected chi connectivity index (χ3v) is 6.42. The molecule has 0 radical (unpaired) electrons. The van der Waals surface area contributed by atoms with Crippen LogP contribution in [0.4, 0.5) is 17.1 Å². The predicted molar refractivity (Wildman–Crippen MR) is 97.3 cm³/mol. The average Bonchev–Trinajstić information content (AvgIpc) is 2.47. The van der Waals surface area contributed by atoms with E-state index in [1.807, 2.05) is 0 Å². The van der Waals surface area contributed by atoms with Crippen molar-refractivity contribution in [2.45, 2.75) is 19.6 Å². The zero-order chi connectivity index (χ0) is 20.8. The van der Waals surface area contributed by atoms with Gasteiger partial charge in [-0.05, 0) is 30.3 Å². The van der Waals surface area contributed by atoms with Crippen molar-refractivity contribution >= 4 is 60.0 Å². The molecule has 0 aliphatic rings. The zero-order valence-corrected chi connectivity index (χ0v) is 16.3. The van der Waals surface area contributed by atoms with Gasteiger partial charge in [0, 0.05) is 10.6 Å². The van der Waals surface area contributed by atoms with Gasteiger partial charge in [-0.25, -0.2) is 0 Å². The molecule has 0 amide bonds. The van der Waals surface area contributed by atoms with E-state index in [2.05, 4.69) is 17.9 Å². The zero-order valence-electron chi connectivity index (χ0n) is 12.9. The Kier molecular flexibility index (Phi) is 5.50. The molecule has 0 aromatic heterocycles. The molecule has 15 heteroatoms. The summed E-state index contributed by atoms with van der Waals surface area (Å²) in [6.07, 6.45) is 0. The number of hydrogen-bond donors (Lipinski definition) is 6. The minimum Gasteiger partial charge on any atom is -0.398 e. The molecular formula is C12H12N2O9S4. The number of benzene rings is 2. The van der Waals surface area contributed by atoms with E-state index in [0.29, 0.717) is 12.1 Å². The molecule has 0 spiro atoms. The van der Waals surface area contributed by atoms with Gasteiger partial charge in [0.25, 0.3) is 30.4 Å². The standard InChI is InChI=1S/C12H12N2O9S4/c13-7-4-11(26(18,19)20)8(5-10(7)25(15,16)17)14-6-1-2-9(24)12(3-6)27(21,22)23/h1-5,14,24H,13H2,(H,15,16,17)(H,18,19,20)(H,21,22,23). The van der Waals surface area contributed by atoms with E-state index >= 15 is 0 Å². The highest BCUT2D eigenvalue weighted by atomic mass is 32.2. The molecule has 6 N–H and O–H groups in total. The summed E-state index contributed by atoms with van der Waals surface area (Å²) in [5.41, 5.74) is 4.10. The molecule has 2 aromatic rings. The molecular weight excluding hydrogens is 444 g/mol. The summed E-state index contributed by atoms with van der Waals surface area (Å²) in [5, 5.41) is 2.38. The highest BCUT2D eigenvalue weighted by Crippen LogP contribution is 2.33. The molecule has 0 aliphatic carbocycles. The van der Waals surface area contributed by atoms with E-state index in [4.69, 9.17) is 10.3 Å². The van der Waals surface area contributed by atoms with Gasteiger partial charge in [0.2, 0.25) is 0 Å². The number of nitrogens with one attached hydrogen (secondary N) is 1. The van der Waals surface area contributed by atoms with E-state index < -0.39 is 56.4 Å². The maximum absolute atomic E-state index is 11.5. The van der Waals surface area contributed by atoms with E-state index in [1.165, 1.54) is 6.07 Å². The second kappa shape index (κ2) is 6.93. The van der Waals surface area contributed by atoms with Crippen LogP contribution in [0.25, 0.3) is 0 Å². The maximum Gasteiger partial charge on any atom is 0.296 e. The normalized spacial score (nSPS) is 12.7. The minimum atomic E-state index is -4.89. The Labute approximate surface area is 159 Å². The number of anilines is 3. The number of nitrogens with two attached hydrogens (primary N) is 1. The van der Waals surface area contributed by atoms with E-state index in [0.717, 1.165) is 12.1 Å². The van der Waals surface area contributed by atoms with Crippen LogP contribution in [-0.4, -0.2) is 38.9 Å². The third-order valence-electron chi connectivity index (χ3n) is 3.18. The first-order valence-corrected chi connectivity index (χ1v) is 11.3. The molecule has 11 nitrogen and oxygen atoms in total. The second-order valence-electron chi connectivity index (χ2n) is 5.12. The second-order valence-corrected chi connectivity index (χ2v) is 9.77. The van der Waals surface area contributed by atoms with Gasteiger partial charge < -0.3 is 11.1 Å². The van der Waals surface area contributed by atoms with Crippen molar-refractivity contribution < 1.29 is 38.9 Å². The Balaban J connectivity index is 2.72. The highest BCUT2D eigenvalue weighted by Gasteiger charge is 2.24. The van der Waals surface area contributed by atoms with Gasteiger partial charge in [-0.1, -0.05) is 0 Å². The molecule has 0 aliphatic heterocycles. The molecule has 0 saturated carbocycles. The summed E-state index contributed by atoms with van der Waals surface area (Å²) in [4.78, 5) is -2.42. The van der Waals surface area contributed by atoms with Crippen LogP contribution in [0.2, 0.25) is 0 Å². The summed E-state index contributed by atoms with van der Waals surface area (Å²) < 4.78 is 96.1. The van der Waals surface area contributed by atoms with Crippen molar-refractivity contribution in [3.05, 3.63) is 30.3 Å². The summed E-state index contributed by atoms with van der Waals surface area (Å²) >= 11 is 3.87. The fourth-order valence-corrected chi connectivity index (χ4v) is 4.44. The van der Waals surface area contributed by atoms with Crippen molar-refractivity contribution in [1.29, 1.82) is 0 Å². The van der Waals surface area contributed by atoms with Gasteiger partial charge in [-0.2, -0.15) is 25.3 Å². The van der Waals surface area contributed by atoms with Crippen molar-refractivity contribution in [3.63, 3.8) is 0 Å². The van der Waals surface area contributed by atoms with E-state index in [-0.39, 0.29) is 10.6 Å². The largest absolute Gasteiger partial charge is 0.398 e. The SMILES string of the molecule is Nc1cc(S(=O)(=O)O)c(Nc2ccc(S)c(S(=O)(=O)O)c2)cc1S(=O)(=O)O. The number of hydrogen-bond acceptors (Lipinski definition) is 9. The molecule has 0 fully saturated rings. The number of thiol groups is 1. The first-order chi connectivity index (χ1) is 12.1. The molecule has 0 bridgehead atoms. The van der Waals surface area contributed by atoms with Gasteiger partial charge in [-0.3, -0.25) is 13.7 Å². The van der Waals surface area contributed by atoms with Crippen LogP contribution in [-0.2, 0) is 30.4 Å². The molecule has 0 atom stereocenters. The quantitative estimate of drug-likeness (QED) is 0.213. The predicted octanol–water partition coefficient (Wildman–Crippen LogP) is 1.04. The molecule has 0 unspecified atom stereocenters. The monoisotopic (exact) mass is 456 g/mol. The number of nitrogen functional groups attached to an aromatic ring is 1. The molecule has 0 heterocycles. The summed E-state index contributed by atoms with van der Waals surface area (Å²) in [7, 11) is -14.4. The average molecular weight is 457 g/mol. The number of rotatable bonds is 5. The lowest BCUT2D eigenvalue weighted by atomic mass is 10.2. The Bertz CT molecular complexity index is 1240. The first-order valence-electron chi connectivity index (χ1n) is 6.57. The van der Waals surface area contributed by atoms with Crippen LogP contribution >= 0.6 is 12.6 Å². The molecule has 0 saturated heterocycles. The lowest BCUT2D eigenvalue weighted by Gasteiger charge is -2.14. The van der Waals surface area contributed by atoms with Gasteiger partial charge in [-0.15, -0.1) is 12.6 Å². The molecule has 2 rings (SSSR count). The van der Waals surface area contributed by atoms with Crippen molar-refractivity contribution in [2.24, 2.45) is 0 Å². The minimum absolute atomic E-state index is 0.114. The Hall–Kier alpha value is -1.88. The van der Waals surface area contributed by atoms with Gasteiger partial charge in [0.1, 0.15) is 14.7 Å². The smallest absolute Gasteiger partial charge is 0.296 e. The van der Waals surface area contributed by atoms with Gasteiger partial charge in [0.05, 0.1) is 11.4 Å². The summed E-state index contributed by atoms with van der Waals surface area (Å²) in [6.45, 7) is 0. The van der Waals surface area contributed by atoms with Crippen LogP contribution in [0.1, 0.15) is 0 Å². The van der Waals surface area contributed by atoms with Crippen LogP contribution in [0.15, 0.2) is 49.9 Å². The summed E-state index contributed by atoms with van der Waals surface area (Å²) in [6, 6.07) is 4.50. The van der Waals surface area contributed by atoms with Crippen LogP contribution in [0, 0.1) is 0 Å². The topological polar surface area (TPSA) is 201 Å². The van der Waals surface area contributed by atoms with Crippen LogP contribution in [0.3, 0.4) is 0 Å². The molecule has 148 valence electrons. The van der Waals surface area contributed by atoms with E-state index in [9.17, 15) is 34.4 Å². The van der Waals surface area contributed by atoms with Crippen molar-refractivity contribution in [3.8, 4) is 0 Å². The van der Waals surface area contributed by atoms with Crippen LogP contribution in [0.5, 0.6) is 0 Å². The fourth-order valence-electron chi connectivity index (χ4n) is 2.06. The fraction of sp³-hybridized carbons (Fsp3) is 0. The Morgan fingerprint density at radius 2 is 1.30 bits per heavy atom.